The fraction of sp³-hybridized carbons (Fsp3) is 0.364. The van der Waals surface area contributed by atoms with E-state index in [-0.39, 0.29) is 18.1 Å². The van der Waals surface area contributed by atoms with Crippen molar-refractivity contribution in [3.8, 4) is 0 Å². The van der Waals surface area contributed by atoms with Gasteiger partial charge in [0.2, 0.25) is 0 Å². The Bertz CT molecular complexity index is 361. The van der Waals surface area contributed by atoms with Crippen molar-refractivity contribution in [1.29, 1.82) is 0 Å². The highest BCUT2D eigenvalue weighted by molar-refractivity contribution is 6.00. The molecule has 0 aliphatic carbocycles. The molecule has 0 amide bonds. The summed E-state index contributed by atoms with van der Waals surface area (Å²) in [4.78, 5) is 11.6. The summed E-state index contributed by atoms with van der Waals surface area (Å²) in [6.45, 7) is 3.69. The maximum atomic E-state index is 13.2. The number of benzene rings is 1. The van der Waals surface area contributed by atoms with E-state index in [4.69, 9.17) is 0 Å². The van der Waals surface area contributed by atoms with Crippen molar-refractivity contribution in [3.05, 3.63) is 34.6 Å². The van der Waals surface area contributed by atoms with Crippen LogP contribution in [0.15, 0.2) is 12.1 Å². The molecule has 1 aromatic carbocycles. The summed E-state index contributed by atoms with van der Waals surface area (Å²) in [6, 6.07) is 3.02. The second-order valence-corrected chi connectivity index (χ2v) is 3.32. The van der Waals surface area contributed by atoms with Crippen molar-refractivity contribution in [2.24, 2.45) is 0 Å². The zero-order valence-corrected chi connectivity index (χ0v) is 8.65. The lowest BCUT2D eigenvalue weighted by molar-refractivity contribution is 0.0992. The third-order valence-corrected chi connectivity index (χ3v) is 2.22. The normalized spacial score (nSPS) is 10.3. The average molecular weight is 195 g/mol. The van der Waals surface area contributed by atoms with Gasteiger partial charge in [-0.1, -0.05) is 6.07 Å². The minimum absolute atomic E-state index is 0.0676. The van der Waals surface area contributed by atoms with Crippen LogP contribution in [-0.4, -0.2) is 19.4 Å². The fourth-order valence-electron chi connectivity index (χ4n) is 1.50. The van der Waals surface area contributed by atoms with Crippen LogP contribution in [0.3, 0.4) is 0 Å². The van der Waals surface area contributed by atoms with Crippen LogP contribution >= 0.6 is 0 Å². The SMILES string of the molecule is CNCC(=O)c1c(C)ccc(F)c1C. The molecule has 76 valence electrons. The zero-order valence-electron chi connectivity index (χ0n) is 8.65. The molecule has 0 aliphatic heterocycles. The molecule has 1 rings (SSSR count). The average Bonchev–Trinajstić information content (AvgIpc) is 2.13. The van der Waals surface area contributed by atoms with E-state index in [0.29, 0.717) is 11.1 Å². The molecule has 0 spiro atoms. The van der Waals surface area contributed by atoms with Gasteiger partial charge in [0.15, 0.2) is 5.78 Å². The Balaban J connectivity index is 3.18. The van der Waals surface area contributed by atoms with E-state index >= 15 is 0 Å². The predicted molar refractivity (Wildman–Crippen MR) is 54.1 cm³/mol. The zero-order chi connectivity index (χ0) is 10.7. The maximum absolute atomic E-state index is 13.2. The summed E-state index contributed by atoms with van der Waals surface area (Å²) in [5, 5.41) is 2.77. The van der Waals surface area contributed by atoms with Crippen molar-refractivity contribution >= 4 is 5.78 Å². The van der Waals surface area contributed by atoms with E-state index in [1.807, 2.05) is 6.92 Å². The van der Waals surface area contributed by atoms with Gasteiger partial charge in [-0.3, -0.25) is 4.79 Å². The minimum atomic E-state index is -0.324. The van der Waals surface area contributed by atoms with Gasteiger partial charge in [0.05, 0.1) is 6.54 Å². The first kappa shape index (κ1) is 10.9. The Morgan fingerprint density at radius 2 is 2.07 bits per heavy atom. The lowest BCUT2D eigenvalue weighted by Gasteiger charge is -2.08. The van der Waals surface area contributed by atoms with Crippen molar-refractivity contribution < 1.29 is 9.18 Å². The van der Waals surface area contributed by atoms with Crippen LogP contribution in [0.5, 0.6) is 0 Å². The minimum Gasteiger partial charge on any atom is -0.313 e. The summed E-state index contributed by atoms with van der Waals surface area (Å²) in [7, 11) is 1.70. The molecule has 0 fully saturated rings. The van der Waals surface area contributed by atoms with Gasteiger partial charge in [-0.15, -0.1) is 0 Å². The highest BCUT2D eigenvalue weighted by atomic mass is 19.1. The molecule has 1 N–H and O–H groups in total. The van der Waals surface area contributed by atoms with E-state index in [9.17, 15) is 9.18 Å². The number of halogens is 1. The Labute approximate surface area is 83.1 Å². The van der Waals surface area contributed by atoms with Crippen molar-refractivity contribution in [2.45, 2.75) is 13.8 Å². The van der Waals surface area contributed by atoms with E-state index in [1.54, 1.807) is 20.0 Å². The number of likely N-dealkylation sites (N-methyl/N-ethyl adjacent to an activating group) is 1. The Morgan fingerprint density at radius 3 is 2.64 bits per heavy atom. The lowest BCUT2D eigenvalue weighted by atomic mass is 9.98. The molecular formula is C11H14FNO. The second-order valence-electron chi connectivity index (χ2n) is 3.32. The highest BCUT2D eigenvalue weighted by Gasteiger charge is 2.13. The smallest absolute Gasteiger partial charge is 0.177 e. The Morgan fingerprint density at radius 1 is 1.43 bits per heavy atom. The van der Waals surface area contributed by atoms with Gasteiger partial charge < -0.3 is 5.32 Å². The van der Waals surface area contributed by atoms with E-state index in [1.165, 1.54) is 6.07 Å². The number of carbonyl (C=O) groups is 1. The molecule has 0 aromatic heterocycles. The third kappa shape index (κ3) is 1.99. The molecule has 1 aromatic rings. The Kier molecular flexibility index (Phi) is 3.36. The molecule has 3 heteroatoms. The number of hydrogen-bond donors (Lipinski definition) is 1. The summed E-state index contributed by atoms with van der Waals surface area (Å²) in [6.07, 6.45) is 0. The van der Waals surface area contributed by atoms with E-state index in [2.05, 4.69) is 5.32 Å². The van der Waals surface area contributed by atoms with Crippen molar-refractivity contribution in [3.63, 3.8) is 0 Å². The topological polar surface area (TPSA) is 29.1 Å². The monoisotopic (exact) mass is 195 g/mol. The number of hydrogen-bond acceptors (Lipinski definition) is 2. The molecule has 0 atom stereocenters. The highest BCUT2D eigenvalue weighted by Crippen LogP contribution is 2.17. The van der Waals surface area contributed by atoms with Crippen LogP contribution in [0.25, 0.3) is 0 Å². The Hall–Kier alpha value is -1.22. The molecule has 0 radical (unpaired) electrons. The van der Waals surface area contributed by atoms with Crippen LogP contribution in [-0.2, 0) is 0 Å². The van der Waals surface area contributed by atoms with Crippen LogP contribution in [0.2, 0.25) is 0 Å². The van der Waals surface area contributed by atoms with E-state index < -0.39 is 0 Å². The quantitative estimate of drug-likeness (QED) is 0.746. The van der Waals surface area contributed by atoms with E-state index in [0.717, 1.165) is 5.56 Å². The molecule has 0 unspecified atom stereocenters. The van der Waals surface area contributed by atoms with Crippen LogP contribution < -0.4 is 5.32 Å². The molecule has 0 heterocycles. The summed E-state index contributed by atoms with van der Waals surface area (Å²) < 4.78 is 13.2. The number of rotatable bonds is 3. The van der Waals surface area contributed by atoms with Crippen LogP contribution in [0.4, 0.5) is 4.39 Å². The lowest BCUT2D eigenvalue weighted by Crippen LogP contribution is -2.20. The number of nitrogens with one attached hydrogen (secondary N) is 1. The van der Waals surface area contributed by atoms with Gasteiger partial charge in [0, 0.05) is 5.56 Å². The molecule has 0 bridgehead atoms. The molecular weight excluding hydrogens is 181 g/mol. The first-order chi connectivity index (χ1) is 6.57. The van der Waals surface area contributed by atoms with Crippen LogP contribution in [0.1, 0.15) is 21.5 Å². The largest absolute Gasteiger partial charge is 0.313 e. The first-order valence-corrected chi connectivity index (χ1v) is 4.51. The first-order valence-electron chi connectivity index (χ1n) is 4.51. The standard InChI is InChI=1S/C11H14FNO/c1-7-4-5-9(12)8(2)11(7)10(14)6-13-3/h4-5,13H,6H2,1-3H3. The third-order valence-electron chi connectivity index (χ3n) is 2.22. The second kappa shape index (κ2) is 4.33. The van der Waals surface area contributed by atoms with Gasteiger partial charge in [0.25, 0.3) is 0 Å². The van der Waals surface area contributed by atoms with Gasteiger partial charge in [-0.05, 0) is 38.1 Å². The maximum Gasteiger partial charge on any atom is 0.177 e. The van der Waals surface area contributed by atoms with Gasteiger partial charge in [-0.25, -0.2) is 4.39 Å². The van der Waals surface area contributed by atoms with Crippen LogP contribution in [0, 0.1) is 19.7 Å². The molecule has 2 nitrogen and oxygen atoms in total. The summed E-state index contributed by atoms with van der Waals surface area (Å²) in [5.41, 5.74) is 1.76. The molecule has 0 aliphatic rings. The molecule has 0 saturated carbocycles. The molecule has 0 saturated heterocycles. The van der Waals surface area contributed by atoms with Crippen molar-refractivity contribution in [2.75, 3.05) is 13.6 Å². The number of carbonyl (C=O) groups excluding carboxylic acids is 1. The van der Waals surface area contributed by atoms with Gasteiger partial charge in [-0.2, -0.15) is 0 Å². The number of aryl methyl sites for hydroxylation is 1. The number of ketones is 1. The summed E-state index contributed by atoms with van der Waals surface area (Å²) >= 11 is 0. The predicted octanol–water partition coefficient (Wildman–Crippen LogP) is 1.84. The molecule has 14 heavy (non-hydrogen) atoms. The fourth-order valence-corrected chi connectivity index (χ4v) is 1.50. The van der Waals surface area contributed by atoms with Gasteiger partial charge >= 0.3 is 0 Å². The van der Waals surface area contributed by atoms with Crippen molar-refractivity contribution in [1.82, 2.24) is 5.32 Å². The number of Topliss-reactive ketones (excluding diaryl/α,β-unsaturated/α-hetero) is 1. The van der Waals surface area contributed by atoms with Gasteiger partial charge in [0.1, 0.15) is 5.82 Å². The summed E-state index contributed by atoms with van der Waals surface area (Å²) in [5.74, 6) is -0.392.